The highest BCUT2D eigenvalue weighted by atomic mass is 16.5. The summed E-state index contributed by atoms with van der Waals surface area (Å²) in [6.45, 7) is 7.49. The van der Waals surface area contributed by atoms with Gasteiger partial charge in [0, 0.05) is 57.5 Å². The molecule has 116 valence electrons. The van der Waals surface area contributed by atoms with Gasteiger partial charge < -0.3 is 10.5 Å². The molecule has 1 saturated carbocycles. The van der Waals surface area contributed by atoms with Crippen LogP contribution in [-0.4, -0.2) is 67.3 Å². The molecule has 0 amide bonds. The Morgan fingerprint density at radius 1 is 0.950 bits per heavy atom. The Bertz CT molecular complexity index is 288. The lowest BCUT2D eigenvalue weighted by molar-refractivity contribution is 0.0101. The zero-order valence-corrected chi connectivity index (χ0v) is 12.9. The Morgan fingerprint density at radius 2 is 1.70 bits per heavy atom. The first-order valence-corrected chi connectivity index (χ1v) is 8.61. The Kier molecular flexibility index (Phi) is 4.97. The fraction of sp³-hybridized carbons (Fsp3) is 1.00. The molecule has 2 aliphatic heterocycles. The molecule has 1 atom stereocenters. The van der Waals surface area contributed by atoms with E-state index < -0.39 is 0 Å². The van der Waals surface area contributed by atoms with Gasteiger partial charge in [-0.15, -0.1) is 0 Å². The van der Waals surface area contributed by atoms with Gasteiger partial charge in [-0.25, -0.2) is 0 Å². The number of nitrogens with two attached hydrogens (primary N) is 1. The molecule has 4 heteroatoms. The Balaban J connectivity index is 1.57. The van der Waals surface area contributed by atoms with Gasteiger partial charge in [0.2, 0.25) is 0 Å². The van der Waals surface area contributed by atoms with Crippen LogP contribution in [0.25, 0.3) is 0 Å². The van der Waals surface area contributed by atoms with Crippen LogP contribution in [0.15, 0.2) is 0 Å². The van der Waals surface area contributed by atoms with Crippen LogP contribution in [0.1, 0.15) is 44.9 Å². The molecule has 2 N–H and O–H groups in total. The first-order chi connectivity index (χ1) is 9.84. The normalized spacial score (nSPS) is 35.2. The molecular formula is C16H31N3O. The van der Waals surface area contributed by atoms with E-state index in [1.165, 1.54) is 64.7 Å². The van der Waals surface area contributed by atoms with Gasteiger partial charge in [-0.3, -0.25) is 9.80 Å². The highest BCUT2D eigenvalue weighted by Gasteiger charge is 2.38. The lowest BCUT2D eigenvalue weighted by atomic mass is 9.87. The van der Waals surface area contributed by atoms with Gasteiger partial charge in [0.25, 0.3) is 0 Å². The summed E-state index contributed by atoms with van der Waals surface area (Å²) in [5.74, 6) is 0. The van der Waals surface area contributed by atoms with Crippen LogP contribution in [-0.2, 0) is 4.74 Å². The van der Waals surface area contributed by atoms with Gasteiger partial charge in [0.15, 0.2) is 0 Å². The van der Waals surface area contributed by atoms with E-state index in [1.807, 2.05) is 0 Å². The summed E-state index contributed by atoms with van der Waals surface area (Å²) >= 11 is 0. The third kappa shape index (κ3) is 3.03. The van der Waals surface area contributed by atoms with Gasteiger partial charge in [0.1, 0.15) is 0 Å². The molecule has 2 heterocycles. The summed E-state index contributed by atoms with van der Waals surface area (Å²) in [5.41, 5.74) is 6.40. The van der Waals surface area contributed by atoms with Crippen molar-refractivity contribution in [1.82, 2.24) is 9.80 Å². The number of hydrogen-bond donors (Lipinski definition) is 1. The van der Waals surface area contributed by atoms with E-state index in [2.05, 4.69) is 9.80 Å². The number of nitrogens with zero attached hydrogens (tertiary/aromatic N) is 2. The molecule has 4 nitrogen and oxygen atoms in total. The molecule has 0 spiro atoms. The number of ether oxygens (including phenoxy) is 1. The zero-order chi connectivity index (χ0) is 13.8. The molecule has 0 aromatic rings. The molecule has 0 bridgehead atoms. The molecule has 0 aromatic heterocycles. The van der Waals surface area contributed by atoms with E-state index in [0.29, 0.717) is 0 Å². The van der Waals surface area contributed by atoms with E-state index in [9.17, 15) is 0 Å². The molecule has 1 unspecified atom stereocenters. The SMILES string of the molecule is NCC1(N2CCN(C3CCCC3)CC2)CCCOCC1. The maximum atomic E-state index is 6.18. The zero-order valence-electron chi connectivity index (χ0n) is 12.9. The predicted molar refractivity (Wildman–Crippen MR) is 81.9 cm³/mol. The Labute approximate surface area is 123 Å². The number of piperazine rings is 1. The molecule has 2 saturated heterocycles. The maximum Gasteiger partial charge on any atom is 0.0484 e. The molecule has 20 heavy (non-hydrogen) atoms. The van der Waals surface area contributed by atoms with Crippen LogP contribution < -0.4 is 5.73 Å². The minimum Gasteiger partial charge on any atom is -0.381 e. The standard InChI is InChI=1S/C16H31N3O/c17-14-16(6-3-12-20-13-7-16)19-10-8-18(9-11-19)15-4-1-2-5-15/h15H,1-14,17H2. The summed E-state index contributed by atoms with van der Waals surface area (Å²) in [6.07, 6.45) is 9.23. The molecule has 0 radical (unpaired) electrons. The topological polar surface area (TPSA) is 41.7 Å². The molecule has 3 fully saturated rings. The summed E-state index contributed by atoms with van der Waals surface area (Å²) < 4.78 is 5.65. The van der Waals surface area contributed by atoms with Gasteiger partial charge in [0.05, 0.1) is 0 Å². The van der Waals surface area contributed by atoms with Crippen molar-refractivity contribution in [2.24, 2.45) is 5.73 Å². The van der Waals surface area contributed by atoms with Crippen LogP contribution in [0.2, 0.25) is 0 Å². The van der Waals surface area contributed by atoms with Gasteiger partial charge >= 0.3 is 0 Å². The summed E-state index contributed by atoms with van der Waals surface area (Å²) in [4.78, 5) is 5.42. The average molecular weight is 281 g/mol. The van der Waals surface area contributed by atoms with Crippen LogP contribution in [0.5, 0.6) is 0 Å². The highest BCUT2D eigenvalue weighted by molar-refractivity contribution is 4.95. The first kappa shape index (κ1) is 14.8. The molecule has 1 aliphatic carbocycles. The summed E-state index contributed by atoms with van der Waals surface area (Å²) in [6, 6.07) is 0.878. The molecular weight excluding hydrogens is 250 g/mol. The quantitative estimate of drug-likeness (QED) is 0.850. The van der Waals surface area contributed by atoms with Crippen molar-refractivity contribution < 1.29 is 4.74 Å². The lowest BCUT2D eigenvalue weighted by Gasteiger charge is -2.48. The average Bonchev–Trinajstić information content (AvgIpc) is 2.93. The van der Waals surface area contributed by atoms with Crippen molar-refractivity contribution in [1.29, 1.82) is 0 Å². The first-order valence-electron chi connectivity index (χ1n) is 8.61. The van der Waals surface area contributed by atoms with Crippen molar-refractivity contribution in [3.8, 4) is 0 Å². The predicted octanol–water partition coefficient (Wildman–Crippen LogP) is 1.44. The van der Waals surface area contributed by atoms with Crippen molar-refractivity contribution in [3.05, 3.63) is 0 Å². The van der Waals surface area contributed by atoms with Crippen LogP contribution in [0.4, 0.5) is 0 Å². The van der Waals surface area contributed by atoms with E-state index >= 15 is 0 Å². The fourth-order valence-corrected chi connectivity index (χ4v) is 4.47. The third-order valence-corrected chi connectivity index (χ3v) is 5.85. The van der Waals surface area contributed by atoms with Gasteiger partial charge in [-0.2, -0.15) is 0 Å². The molecule has 3 aliphatic rings. The monoisotopic (exact) mass is 281 g/mol. The molecule has 0 aromatic carbocycles. The summed E-state index contributed by atoms with van der Waals surface area (Å²) in [5, 5.41) is 0. The van der Waals surface area contributed by atoms with Gasteiger partial charge in [-0.1, -0.05) is 12.8 Å². The van der Waals surface area contributed by atoms with E-state index in [0.717, 1.165) is 32.2 Å². The van der Waals surface area contributed by atoms with Crippen molar-refractivity contribution in [2.75, 3.05) is 45.9 Å². The number of rotatable bonds is 3. The maximum absolute atomic E-state index is 6.18. The van der Waals surface area contributed by atoms with Gasteiger partial charge in [-0.05, 0) is 32.1 Å². The van der Waals surface area contributed by atoms with Crippen molar-refractivity contribution in [3.63, 3.8) is 0 Å². The second-order valence-corrected chi connectivity index (χ2v) is 6.86. The third-order valence-electron chi connectivity index (χ3n) is 5.85. The minimum atomic E-state index is 0.221. The van der Waals surface area contributed by atoms with Crippen LogP contribution >= 0.6 is 0 Å². The van der Waals surface area contributed by atoms with E-state index in [1.54, 1.807) is 0 Å². The Hall–Kier alpha value is -0.160. The van der Waals surface area contributed by atoms with E-state index in [-0.39, 0.29) is 5.54 Å². The second kappa shape index (κ2) is 6.73. The highest BCUT2D eigenvalue weighted by Crippen LogP contribution is 2.30. The smallest absolute Gasteiger partial charge is 0.0484 e. The molecule has 3 rings (SSSR count). The summed E-state index contributed by atoms with van der Waals surface area (Å²) in [7, 11) is 0. The van der Waals surface area contributed by atoms with Crippen LogP contribution in [0, 0.1) is 0 Å². The Morgan fingerprint density at radius 3 is 2.40 bits per heavy atom. The van der Waals surface area contributed by atoms with Crippen molar-refractivity contribution in [2.45, 2.75) is 56.5 Å². The van der Waals surface area contributed by atoms with Crippen molar-refractivity contribution >= 4 is 0 Å². The van der Waals surface area contributed by atoms with E-state index in [4.69, 9.17) is 10.5 Å². The lowest BCUT2D eigenvalue weighted by Crippen LogP contribution is -2.61. The number of hydrogen-bond acceptors (Lipinski definition) is 4. The fourth-order valence-electron chi connectivity index (χ4n) is 4.47. The minimum absolute atomic E-state index is 0.221. The second-order valence-electron chi connectivity index (χ2n) is 6.86. The van der Waals surface area contributed by atoms with Crippen LogP contribution in [0.3, 0.4) is 0 Å². The largest absolute Gasteiger partial charge is 0.381 e.